The highest BCUT2D eigenvalue weighted by Gasteiger charge is 2.12. The molecule has 112 valence electrons. The number of nitrogen functional groups attached to an aromatic ring is 1. The molecular formula is C17H22N2O2. The summed E-state index contributed by atoms with van der Waals surface area (Å²) in [4.78, 5) is 2.03. The van der Waals surface area contributed by atoms with Gasteiger partial charge in [-0.05, 0) is 50.2 Å². The van der Waals surface area contributed by atoms with Crippen LogP contribution in [0.25, 0.3) is 0 Å². The number of ether oxygens (including phenoxy) is 2. The minimum Gasteiger partial charge on any atom is -0.497 e. The van der Waals surface area contributed by atoms with Crippen LogP contribution in [0.4, 0.5) is 17.1 Å². The third-order valence-corrected chi connectivity index (χ3v) is 3.23. The molecule has 0 saturated carbocycles. The van der Waals surface area contributed by atoms with Gasteiger partial charge < -0.3 is 20.1 Å². The van der Waals surface area contributed by atoms with E-state index in [2.05, 4.69) is 0 Å². The highest BCUT2D eigenvalue weighted by molar-refractivity contribution is 5.79. The van der Waals surface area contributed by atoms with Crippen LogP contribution in [-0.2, 0) is 0 Å². The van der Waals surface area contributed by atoms with E-state index in [0.717, 1.165) is 17.1 Å². The molecule has 0 radical (unpaired) electrons. The average Bonchev–Trinajstić information content (AvgIpc) is 2.48. The number of anilines is 3. The monoisotopic (exact) mass is 286 g/mol. The molecule has 21 heavy (non-hydrogen) atoms. The number of nitrogens with two attached hydrogens (primary N) is 1. The SMILES string of the molecule is COc1ccc(N(C)c2cccc(OC(C)C)c2N)cc1. The largest absolute Gasteiger partial charge is 0.497 e. The zero-order chi connectivity index (χ0) is 15.4. The molecule has 0 aliphatic carbocycles. The van der Waals surface area contributed by atoms with Crippen molar-refractivity contribution in [3.8, 4) is 11.5 Å². The summed E-state index contributed by atoms with van der Waals surface area (Å²) < 4.78 is 10.9. The number of rotatable bonds is 5. The third-order valence-electron chi connectivity index (χ3n) is 3.23. The van der Waals surface area contributed by atoms with Gasteiger partial charge in [0, 0.05) is 12.7 Å². The van der Waals surface area contributed by atoms with E-state index in [4.69, 9.17) is 15.2 Å². The van der Waals surface area contributed by atoms with Gasteiger partial charge in [-0.2, -0.15) is 0 Å². The lowest BCUT2D eigenvalue weighted by Gasteiger charge is -2.23. The fourth-order valence-corrected chi connectivity index (χ4v) is 2.13. The molecule has 0 atom stereocenters. The Hall–Kier alpha value is -2.36. The zero-order valence-electron chi connectivity index (χ0n) is 13.0. The number of para-hydroxylation sites is 1. The molecule has 0 fully saturated rings. The zero-order valence-corrected chi connectivity index (χ0v) is 13.0. The minimum absolute atomic E-state index is 0.0915. The number of methoxy groups -OCH3 is 1. The van der Waals surface area contributed by atoms with E-state index in [-0.39, 0.29) is 6.10 Å². The summed E-state index contributed by atoms with van der Waals surface area (Å²) in [5.74, 6) is 1.54. The Morgan fingerprint density at radius 1 is 1.05 bits per heavy atom. The standard InChI is InChI=1S/C17H22N2O2/c1-12(2)21-16-7-5-6-15(17(16)18)19(3)13-8-10-14(20-4)11-9-13/h5-12H,18H2,1-4H3. The molecule has 0 spiro atoms. The van der Waals surface area contributed by atoms with E-state index >= 15 is 0 Å². The lowest BCUT2D eigenvalue weighted by molar-refractivity contribution is 0.244. The van der Waals surface area contributed by atoms with Crippen LogP contribution in [0.5, 0.6) is 11.5 Å². The summed E-state index contributed by atoms with van der Waals surface area (Å²) in [6, 6.07) is 13.7. The van der Waals surface area contributed by atoms with Gasteiger partial charge >= 0.3 is 0 Å². The van der Waals surface area contributed by atoms with Crippen LogP contribution in [0.1, 0.15) is 13.8 Å². The maximum Gasteiger partial charge on any atom is 0.144 e. The molecule has 2 rings (SSSR count). The fraction of sp³-hybridized carbons (Fsp3) is 0.294. The van der Waals surface area contributed by atoms with Crippen molar-refractivity contribution < 1.29 is 9.47 Å². The van der Waals surface area contributed by atoms with Crippen LogP contribution in [0, 0.1) is 0 Å². The van der Waals surface area contributed by atoms with Gasteiger partial charge in [0.2, 0.25) is 0 Å². The first-order chi connectivity index (χ1) is 10.0. The van der Waals surface area contributed by atoms with Crippen molar-refractivity contribution in [3.63, 3.8) is 0 Å². The molecule has 0 bridgehead atoms. The van der Waals surface area contributed by atoms with Crippen molar-refractivity contribution in [1.82, 2.24) is 0 Å². The number of hydrogen-bond acceptors (Lipinski definition) is 4. The van der Waals surface area contributed by atoms with Gasteiger partial charge in [-0.1, -0.05) is 6.07 Å². The quantitative estimate of drug-likeness (QED) is 0.849. The van der Waals surface area contributed by atoms with E-state index in [0.29, 0.717) is 11.4 Å². The van der Waals surface area contributed by atoms with E-state index < -0.39 is 0 Å². The Balaban J connectivity index is 2.31. The van der Waals surface area contributed by atoms with Crippen molar-refractivity contribution in [2.75, 3.05) is 24.8 Å². The van der Waals surface area contributed by atoms with Gasteiger partial charge in [-0.25, -0.2) is 0 Å². The minimum atomic E-state index is 0.0915. The summed E-state index contributed by atoms with van der Waals surface area (Å²) in [7, 11) is 3.64. The molecule has 0 aromatic heterocycles. The lowest BCUT2D eigenvalue weighted by Crippen LogP contribution is -2.13. The maximum atomic E-state index is 6.23. The van der Waals surface area contributed by atoms with Crippen LogP contribution in [-0.4, -0.2) is 20.3 Å². The molecule has 2 N–H and O–H groups in total. The first-order valence-corrected chi connectivity index (χ1v) is 6.96. The van der Waals surface area contributed by atoms with Crippen molar-refractivity contribution in [2.45, 2.75) is 20.0 Å². The highest BCUT2D eigenvalue weighted by Crippen LogP contribution is 2.36. The Morgan fingerprint density at radius 3 is 2.29 bits per heavy atom. The first kappa shape index (κ1) is 15.0. The van der Waals surface area contributed by atoms with Gasteiger partial charge in [0.05, 0.1) is 24.6 Å². The highest BCUT2D eigenvalue weighted by atomic mass is 16.5. The van der Waals surface area contributed by atoms with Gasteiger partial charge in [0.1, 0.15) is 11.5 Å². The average molecular weight is 286 g/mol. The molecule has 0 aliphatic rings. The topological polar surface area (TPSA) is 47.7 Å². The summed E-state index contributed by atoms with van der Waals surface area (Å²) in [5, 5.41) is 0. The molecule has 0 saturated heterocycles. The van der Waals surface area contributed by atoms with Crippen LogP contribution in [0.2, 0.25) is 0 Å². The van der Waals surface area contributed by atoms with Gasteiger partial charge in [-0.15, -0.1) is 0 Å². The Bertz CT molecular complexity index is 594. The molecule has 0 aliphatic heterocycles. The number of benzene rings is 2. The van der Waals surface area contributed by atoms with Gasteiger partial charge in [0.25, 0.3) is 0 Å². The van der Waals surface area contributed by atoms with Crippen LogP contribution < -0.4 is 20.1 Å². The number of hydrogen-bond donors (Lipinski definition) is 1. The summed E-state index contributed by atoms with van der Waals surface area (Å²) >= 11 is 0. The Kier molecular flexibility index (Phi) is 4.58. The maximum absolute atomic E-state index is 6.23. The smallest absolute Gasteiger partial charge is 0.144 e. The molecule has 4 heteroatoms. The Morgan fingerprint density at radius 2 is 1.71 bits per heavy atom. The van der Waals surface area contributed by atoms with Crippen molar-refractivity contribution >= 4 is 17.1 Å². The predicted octanol–water partition coefficient (Wildman–Crippen LogP) is 3.83. The van der Waals surface area contributed by atoms with Gasteiger partial charge in [0.15, 0.2) is 0 Å². The Labute approximate surface area is 126 Å². The van der Waals surface area contributed by atoms with Crippen LogP contribution in [0.15, 0.2) is 42.5 Å². The molecule has 0 heterocycles. The van der Waals surface area contributed by atoms with Gasteiger partial charge in [-0.3, -0.25) is 0 Å². The molecule has 4 nitrogen and oxygen atoms in total. The molecule has 2 aromatic carbocycles. The molecule has 2 aromatic rings. The molecule has 0 amide bonds. The molecular weight excluding hydrogens is 264 g/mol. The lowest BCUT2D eigenvalue weighted by atomic mass is 10.2. The van der Waals surface area contributed by atoms with Crippen molar-refractivity contribution in [3.05, 3.63) is 42.5 Å². The second-order valence-corrected chi connectivity index (χ2v) is 5.11. The summed E-state index contributed by atoms with van der Waals surface area (Å²) in [6.07, 6.45) is 0.0915. The summed E-state index contributed by atoms with van der Waals surface area (Å²) in [5.41, 5.74) is 8.82. The third kappa shape index (κ3) is 3.40. The van der Waals surface area contributed by atoms with Crippen molar-refractivity contribution in [1.29, 1.82) is 0 Å². The summed E-state index contributed by atoms with van der Waals surface area (Å²) in [6.45, 7) is 3.97. The normalized spacial score (nSPS) is 10.5. The fourth-order valence-electron chi connectivity index (χ4n) is 2.13. The van der Waals surface area contributed by atoms with E-state index in [1.807, 2.05) is 68.3 Å². The van der Waals surface area contributed by atoms with E-state index in [1.54, 1.807) is 7.11 Å². The van der Waals surface area contributed by atoms with Crippen LogP contribution >= 0.6 is 0 Å². The second kappa shape index (κ2) is 6.39. The number of nitrogens with zero attached hydrogens (tertiary/aromatic N) is 1. The van der Waals surface area contributed by atoms with Crippen LogP contribution in [0.3, 0.4) is 0 Å². The van der Waals surface area contributed by atoms with Crippen molar-refractivity contribution in [2.24, 2.45) is 0 Å². The molecule has 0 unspecified atom stereocenters. The second-order valence-electron chi connectivity index (χ2n) is 5.11. The van der Waals surface area contributed by atoms with E-state index in [9.17, 15) is 0 Å². The van der Waals surface area contributed by atoms with E-state index in [1.165, 1.54) is 0 Å². The predicted molar refractivity (Wildman–Crippen MR) is 87.7 cm³/mol. The first-order valence-electron chi connectivity index (χ1n) is 6.96.